The first-order valence-corrected chi connectivity index (χ1v) is 5.38. The van der Waals surface area contributed by atoms with Crippen molar-refractivity contribution in [3.8, 4) is 0 Å². The molecule has 0 aliphatic heterocycles. The lowest BCUT2D eigenvalue weighted by Gasteiger charge is -2.38. The minimum absolute atomic E-state index is 0.0722. The Balaban J connectivity index is 4.22. The molecule has 0 aliphatic carbocycles. The summed E-state index contributed by atoms with van der Waals surface area (Å²) in [7, 11) is 1.74. The summed E-state index contributed by atoms with van der Waals surface area (Å²) in [6, 6.07) is 0. The van der Waals surface area contributed by atoms with Crippen molar-refractivity contribution in [2.75, 3.05) is 33.4 Å². The smallest absolute Gasteiger partial charge is 0.0589 e. The van der Waals surface area contributed by atoms with E-state index in [-0.39, 0.29) is 5.54 Å². The lowest BCUT2D eigenvalue weighted by atomic mass is 10.0. The summed E-state index contributed by atoms with van der Waals surface area (Å²) in [4.78, 5) is 2.40. The number of ether oxygens (including phenoxy) is 1. The summed E-state index contributed by atoms with van der Waals surface area (Å²) in [5.74, 6) is 0.665. The van der Waals surface area contributed by atoms with Crippen molar-refractivity contribution < 1.29 is 4.74 Å². The second-order valence-corrected chi connectivity index (χ2v) is 4.85. The SMILES string of the molecule is COCCN(CC(C)C)C(C)(C)CN. The van der Waals surface area contributed by atoms with Gasteiger partial charge in [-0.15, -0.1) is 0 Å². The molecule has 86 valence electrons. The maximum Gasteiger partial charge on any atom is 0.0589 e. The molecule has 0 aromatic carbocycles. The molecule has 0 atom stereocenters. The third-order valence-electron chi connectivity index (χ3n) is 2.51. The van der Waals surface area contributed by atoms with E-state index in [0.29, 0.717) is 12.5 Å². The van der Waals surface area contributed by atoms with Gasteiger partial charge in [-0.2, -0.15) is 0 Å². The topological polar surface area (TPSA) is 38.5 Å². The van der Waals surface area contributed by atoms with Crippen LogP contribution in [-0.2, 0) is 4.74 Å². The van der Waals surface area contributed by atoms with Crippen LogP contribution >= 0.6 is 0 Å². The first kappa shape index (κ1) is 13.9. The van der Waals surface area contributed by atoms with Crippen LogP contribution in [-0.4, -0.2) is 43.8 Å². The van der Waals surface area contributed by atoms with Crippen molar-refractivity contribution >= 4 is 0 Å². The van der Waals surface area contributed by atoms with Crippen molar-refractivity contribution in [1.29, 1.82) is 0 Å². The van der Waals surface area contributed by atoms with Crippen LogP contribution in [0.5, 0.6) is 0 Å². The molecular formula is C11H26N2O. The quantitative estimate of drug-likeness (QED) is 0.677. The Morgan fingerprint density at radius 1 is 1.36 bits per heavy atom. The zero-order valence-corrected chi connectivity index (χ0v) is 10.3. The van der Waals surface area contributed by atoms with Gasteiger partial charge in [0, 0.05) is 32.3 Å². The molecule has 0 fully saturated rings. The van der Waals surface area contributed by atoms with E-state index < -0.39 is 0 Å². The summed E-state index contributed by atoms with van der Waals surface area (Å²) in [5, 5.41) is 0. The van der Waals surface area contributed by atoms with E-state index in [1.54, 1.807) is 7.11 Å². The van der Waals surface area contributed by atoms with Crippen LogP contribution in [0.15, 0.2) is 0 Å². The van der Waals surface area contributed by atoms with Gasteiger partial charge in [0.2, 0.25) is 0 Å². The molecule has 0 aliphatic rings. The van der Waals surface area contributed by atoms with Crippen LogP contribution in [0.3, 0.4) is 0 Å². The van der Waals surface area contributed by atoms with Gasteiger partial charge in [-0.1, -0.05) is 13.8 Å². The number of nitrogens with two attached hydrogens (primary N) is 1. The third kappa shape index (κ3) is 4.94. The predicted octanol–water partition coefficient (Wildman–Crippen LogP) is 1.33. The number of nitrogens with zero attached hydrogens (tertiary/aromatic N) is 1. The zero-order valence-electron chi connectivity index (χ0n) is 10.3. The number of hydrogen-bond acceptors (Lipinski definition) is 3. The predicted molar refractivity (Wildman–Crippen MR) is 61.4 cm³/mol. The monoisotopic (exact) mass is 202 g/mol. The highest BCUT2D eigenvalue weighted by molar-refractivity contribution is 4.82. The fourth-order valence-electron chi connectivity index (χ4n) is 1.41. The van der Waals surface area contributed by atoms with Gasteiger partial charge in [-0.25, -0.2) is 0 Å². The number of methoxy groups -OCH3 is 1. The van der Waals surface area contributed by atoms with Gasteiger partial charge in [0.1, 0.15) is 0 Å². The Hall–Kier alpha value is -0.120. The molecule has 3 heteroatoms. The van der Waals surface area contributed by atoms with E-state index in [4.69, 9.17) is 10.5 Å². The number of hydrogen-bond donors (Lipinski definition) is 1. The Morgan fingerprint density at radius 2 is 1.93 bits per heavy atom. The fourth-order valence-corrected chi connectivity index (χ4v) is 1.41. The van der Waals surface area contributed by atoms with Gasteiger partial charge >= 0.3 is 0 Å². The Morgan fingerprint density at radius 3 is 2.29 bits per heavy atom. The Kier molecular flexibility index (Phi) is 6.33. The molecule has 0 bridgehead atoms. The molecule has 0 radical (unpaired) electrons. The van der Waals surface area contributed by atoms with Crippen LogP contribution < -0.4 is 5.73 Å². The summed E-state index contributed by atoms with van der Waals surface area (Å²) < 4.78 is 5.11. The highest BCUT2D eigenvalue weighted by atomic mass is 16.5. The molecule has 0 saturated carbocycles. The molecule has 0 rings (SSSR count). The van der Waals surface area contributed by atoms with Crippen molar-refractivity contribution in [3.05, 3.63) is 0 Å². The Labute approximate surface area is 88.6 Å². The molecule has 0 spiro atoms. The van der Waals surface area contributed by atoms with Crippen molar-refractivity contribution in [2.45, 2.75) is 33.2 Å². The van der Waals surface area contributed by atoms with Crippen molar-refractivity contribution in [3.63, 3.8) is 0 Å². The maximum atomic E-state index is 5.77. The highest BCUT2D eigenvalue weighted by Gasteiger charge is 2.24. The average molecular weight is 202 g/mol. The molecule has 0 aromatic heterocycles. The van der Waals surface area contributed by atoms with Crippen LogP contribution in [0.2, 0.25) is 0 Å². The van der Waals surface area contributed by atoms with E-state index in [0.717, 1.165) is 19.7 Å². The molecule has 2 N–H and O–H groups in total. The van der Waals surface area contributed by atoms with E-state index in [2.05, 4.69) is 32.6 Å². The van der Waals surface area contributed by atoms with E-state index >= 15 is 0 Å². The second-order valence-electron chi connectivity index (χ2n) is 4.85. The summed E-state index contributed by atoms with van der Waals surface area (Å²) in [6.45, 7) is 12.3. The van der Waals surface area contributed by atoms with Gasteiger partial charge in [-0.3, -0.25) is 4.90 Å². The van der Waals surface area contributed by atoms with E-state index in [1.807, 2.05) is 0 Å². The molecule has 0 unspecified atom stereocenters. The average Bonchev–Trinajstić information content (AvgIpc) is 2.11. The van der Waals surface area contributed by atoms with Gasteiger partial charge in [0.25, 0.3) is 0 Å². The standard InChI is InChI=1S/C11H26N2O/c1-10(2)8-13(6-7-14-5)11(3,4)9-12/h10H,6-9,12H2,1-5H3. The fraction of sp³-hybridized carbons (Fsp3) is 1.00. The third-order valence-corrected chi connectivity index (χ3v) is 2.51. The van der Waals surface area contributed by atoms with Crippen LogP contribution in [0.1, 0.15) is 27.7 Å². The highest BCUT2D eigenvalue weighted by Crippen LogP contribution is 2.14. The first-order chi connectivity index (χ1) is 6.44. The minimum atomic E-state index is 0.0722. The normalized spacial score (nSPS) is 12.9. The lowest BCUT2D eigenvalue weighted by Crippen LogP contribution is -2.51. The van der Waals surface area contributed by atoms with Gasteiger partial charge < -0.3 is 10.5 Å². The second kappa shape index (κ2) is 6.38. The zero-order chi connectivity index (χ0) is 11.2. The first-order valence-electron chi connectivity index (χ1n) is 5.38. The molecule has 3 nitrogen and oxygen atoms in total. The summed E-state index contributed by atoms with van der Waals surface area (Å²) in [5.41, 5.74) is 5.84. The van der Waals surface area contributed by atoms with E-state index in [9.17, 15) is 0 Å². The largest absolute Gasteiger partial charge is 0.383 e. The number of rotatable bonds is 7. The van der Waals surface area contributed by atoms with Gasteiger partial charge in [0.05, 0.1) is 6.61 Å². The van der Waals surface area contributed by atoms with Gasteiger partial charge in [0.15, 0.2) is 0 Å². The Bertz CT molecular complexity index is 146. The molecule has 0 heterocycles. The van der Waals surface area contributed by atoms with Crippen LogP contribution in [0.25, 0.3) is 0 Å². The van der Waals surface area contributed by atoms with Gasteiger partial charge in [-0.05, 0) is 19.8 Å². The molecule has 0 aromatic rings. The lowest BCUT2D eigenvalue weighted by molar-refractivity contribution is 0.0713. The van der Waals surface area contributed by atoms with Crippen LogP contribution in [0.4, 0.5) is 0 Å². The van der Waals surface area contributed by atoms with E-state index in [1.165, 1.54) is 0 Å². The maximum absolute atomic E-state index is 5.77. The van der Waals surface area contributed by atoms with Crippen LogP contribution in [0, 0.1) is 5.92 Å². The molecule has 0 amide bonds. The summed E-state index contributed by atoms with van der Waals surface area (Å²) >= 11 is 0. The molecule has 0 saturated heterocycles. The molecular weight excluding hydrogens is 176 g/mol. The van der Waals surface area contributed by atoms with Crippen molar-refractivity contribution in [2.24, 2.45) is 11.7 Å². The molecule has 14 heavy (non-hydrogen) atoms. The minimum Gasteiger partial charge on any atom is -0.383 e. The summed E-state index contributed by atoms with van der Waals surface area (Å²) in [6.07, 6.45) is 0. The van der Waals surface area contributed by atoms with Crippen molar-refractivity contribution in [1.82, 2.24) is 4.90 Å².